The summed E-state index contributed by atoms with van der Waals surface area (Å²) in [4.78, 5) is 0. The van der Waals surface area contributed by atoms with E-state index >= 15 is 0 Å². The van der Waals surface area contributed by atoms with E-state index in [9.17, 15) is 0 Å². The van der Waals surface area contributed by atoms with Crippen LogP contribution in [0.2, 0.25) is 0 Å². The van der Waals surface area contributed by atoms with Crippen molar-refractivity contribution in [2.45, 2.75) is 13.3 Å². The van der Waals surface area contributed by atoms with E-state index in [2.05, 4.69) is 95.7 Å². The van der Waals surface area contributed by atoms with Gasteiger partial charge in [-0.15, -0.1) is 0 Å². The Morgan fingerprint density at radius 2 is 1.39 bits per heavy atom. The van der Waals surface area contributed by atoms with Crippen LogP contribution in [-0.4, -0.2) is 0 Å². The van der Waals surface area contributed by atoms with Crippen LogP contribution >= 0.6 is 15.9 Å². The first kappa shape index (κ1) is 14.5. The van der Waals surface area contributed by atoms with Crippen LogP contribution in [0.15, 0.2) is 71.2 Å². The van der Waals surface area contributed by atoms with Crippen LogP contribution in [0.1, 0.15) is 16.7 Å². The molecule has 112 valence electrons. The molecule has 0 atom stereocenters. The van der Waals surface area contributed by atoms with Crippen LogP contribution in [0, 0.1) is 6.92 Å². The summed E-state index contributed by atoms with van der Waals surface area (Å²) in [6.45, 7) is 2.20. The third-order valence-corrected chi connectivity index (χ3v) is 4.99. The Labute approximate surface area is 145 Å². The standard InChI is InChI=1S/C22H17Br/c1-15-7-8-19-13-20(23)14-21(19)22(15)18-11-9-17(10-12-18)16-5-3-2-4-6-16/h2-12,14H,13H2,1H3. The second kappa shape index (κ2) is 5.82. The summed E-state index contributed by atoms with van der Waals surface area (Å²) < 4.78 is 1.26. The highest BCUT2D eigenvalue weighted by Gasteiger charge is 2.17. The number of halogens is 1. The van der Waals surface area contributed by atoms with Crippen LogP contribution < -0.4 is 0 Å². The van der Waals surface area contributed by atoms with Gasteiger partial charge in [-0.05, 0) is 51.9 Å². The Hall–Kier alpha value is -2.12. The topological polar surface area (TPSA) is 0 Å². The molecule has 3 aromatic rings. The minimum Gasteiger partial charge on any atom is -0.0622 e. The maximum absolute atomic E-state index is 3.65. The predicted molar refractivity (Wildman–Crippen MR) is 103 cm³/mol. The number of hydrogen-bond donors (Lipinski definition) is 0. The van der Waals surface area contributed by atoms with Gasteiger partial charge < -0.3 is 0 Å². The number of hydrogen-bond acceptors (Lipinski definition) is 0. The fourth-order valence-corrected chi connectivity index (χ4v) is 3.85. The molecule has 0 bridgehead atoms. The maximum atomic E-state index is 3.65. The Morgan fingerprint density at radius 1 is 0.739 bits per heavy atom. The van der Waals surface area contributed by atoms with Gasteiger partial charge in [-0.3, -0.25) is 0 Å². The molecule has 0 saturated carbocycles. The van der Waals surface area contributed by atoms with Crippen molar-refractivity contribution in [2.24, 2.45) is 0 Å². The minimum atomic E-state index is 1.00. The van der Waals surface area contributed by atoms with E-state index in [0.717, 1.165) is 6.42 Å². The van der Waals surface area contributed by atoms with Gasteiger partial charge in [0, 0.05) is 10.9 Å². The van der Waals surface area contributed by atoms with E-state index in [1.54, 1.807) is 0 Å². The lowest BCUT2D eigenvalue weighted by Gasteiger charge is -2.12. The average Bonchev–Trinajstić information content (AvgIpc) is 2.96. The Balaban J connectivity index is 1.80. The number of fused-ring (bicyclic) bond motifs is 1. The zero-order valence-electron chi connectivity index (χ0n) is 13.0. The zero-order valence-corrected chi connectivity index (χ0v) is 14.6. The lowest BCUT2D eigenvalue weighted by atomic mass is 9.92. The van der Waals surface area contributed by atoms with Crippen molar-refractivity contribution in [2.75, 3.05) is 0 Å². The van der Waals surface area contributed by atoms with Gasteiger partial charge in [0.15, 0.2) is 0 Å². The quantitative estimate of drug-likeness (QED) is 0.481. The average molecular weight is 361 g/mol. The summed E-state index contributed by atoms with van der Waals surface area (Å²) in [5, 5.41) is 0. The van der Waals surface area contributed by atoms with E-state index in [1.807, 2.05) is 0 Å². The van der Waals surface area contributed by atoms with Crippen molar-refractivity contribution in [3.05, 3.63) is 87.9 Å². The van der Waals surface area contributed by atoms with Gasteiger partial charge in [0.05, 0.1) is 0 Å². The summed E-state index contributed by atoms with van der Waals surface area (Å²) in [5.41, 5.74) is 9.27. The van der Waals surface area contributed by atoms with Crippen LogP contribution in [-0.2, 0) is 6.42 Å². The normalized spacial score (nSPS) is 12.9. The van der Waals surface area contributed by atoms with Gasteiger partial charge in [0.2, 0.25) is 0 Å². The molecule has 1 aliphatic rings. The highest BCUT2D eigenvalue weighted by molar-refractivity contribution is 9.11. The van der Waals surface area contributed by atoms with Crippen molar-refractivity contribution < 1.29 is 0 Å². The van der Waals surface area contributed by atoms with Gasteiger partial charge >= 0.3 is 0 Å². The molecule has 0 aromatic heterocycles. The zero-order chi connectivity index (χ0) is 15.8. The van der Waals surface area contributed by atoms with E-state index < -0.39 is 0 Å². The molecule has 0 radical (unpaired) electrons. The summed E-state index contributed by atoms with van der Waals surface area (Å²) in [7, 11) is 0. The highest BCUT2D eigenvalue weighted by Crippen LogP contribution is 2.38. The van der Waals surface area contributed by atoms with E-state index in [1.165, 1.54) is 43.4 Å². The SMILES string of the molecule is Cc1ccc2c(c1-c1ccc(-c3ccccc3)cc1)C=C(Br)C2. The molecule has 1 aliphatic carbocycles. The first-order valence-electron chi connectivity index (χ1n) is 7.87. The summed E-state index contributed by atoms with van der Waals surface area (Å²) in [6.07, 6.45) is 3.27. The van der Waals surface area contributed by atoms with Gasteiger partial charge in [-0.1, -0.05) is 82.7 Å². The monoisotopic (exact) mass is 360 g/mol. The lowest BCUT2D eigenvalue weighted by Crippen LogP contribution is -1.91. The first-order chi connectivity index (χ1) is 11.2. The highest BCUT2D eigenvalue weighted by atomic mass is 79.9. The molecule has 0 N–H and O–H groups in total. The third-order valence-electron chi connectivity index (χ3n) is 4.49. The van der Waals surface area contributed by atoms with Crippen molar-refractivity contribution in [3.8, 4) is 22.3 Å². The van der Waals surface area contributed by atoms with Crippen LogP contribution in [0.5, 0.6) is 0 Å². The van der Waals surface area contributed by atoms with E-state index in [-0.39, 0.29) is 0 Å². The number of rotatable bonds is 2. The van der Waals surface area contributed by atoms with Crippen molar-refractivity contribution in [1.29, 1.82) is 0 Å². The van der Waals surface area contributed by atoms with Gasteiger partial charge in [-0.2, -0.15) is 0 Å². The van der Waals surface area contributed by atoms with Crippen LogP contribution in [0.4, 0.5) is 0 Å². The molecule has 0 saturated heterocycles. The fraction of sp³-hybridized carbons (Fsp3) is 0.0909. The predicted octanol–water partition coefficient (Wildman–Crippen LogP) is 6.62. The molecule has 1 heteroatoms. The van der Waals surface area contributed by atoms with Crippen molar-refractivity contribution >= 4 is 22.0 Å². The third kappa shape index (κ3) is 2.66. The molecule has 0 aliphatic heterocycles. The Bertz CT molecular complexity index is 887. The summed E-state index contributed by atoms with van der Waals surface area (Å²) >= 11 is 3.65. The van der Waals surface area contributed by atoms with Crippen LogP contribution in [0.25, 0.3) is 28.3 Å². The van der Waals surface area contributed by atoms with E-state index in [0.29, 0.717) is 0 Å². The molecule has 0 fully saturated rings. The lowest BCUT2D eigenvalue weighted by molar-refractivity contribution is 1.28. The minimum absolute atomic E-state index is 1.00. The van der Waals surface area contributed by atoms with E-state index in [4.69, 9.17) is 0 Å². The van der Waals surface area contributed by atoms with Gasteiger partial charge in [0.1, 0.15) is 0 Å². The molecule has 0 heterocycles. The molecule has 0 amide bonds. The van der Waals surface area contributed by atoms with Crippen molar-refractivity contribution in [3.63, 3.8) is 0 Å². The molecular weight excluding hydrogens is 344 g/mol. The molecule has 0 unspecified atom stereocenters. The molecule has 23 heavy (non-hydrogen) atoms. The van der Waals surface area contributed by atoms with Crippen molar-refractivity contribution in [1.82, 2.24) is 0 Å². The molecule has 4 rings (SSSR count). The summed E-state index contributed by atoms with van der Waals surface area (Å²) in [5.74, 6) is 0. The second-order valence-corrected chi connectivity index (χ2v) is 7.06. The maximum Gasteiger partial charge on any atom is 0.00470 e. The second-order valence-electron chi connectivity index (χ2n) is 6.04. The smallest absolute Gasteiger partial charge is 0.00470 e. The number of aryl methyl sites for hydroxylation is 1. The summed E-state index contributed by atoms with van der Waals surface area (Å²) in [6, 6.07) is 23.9. The largest absolute Gasteiger partial charge is 0.0622 e. The molecule has 0 nitrogen and oxygen atoms in total. The van der Waals surface area contributed by atoms with Gasteiger partial charge in [-0.25, -0.2) is 0 Å². The number of benzene rings is 3. The van der Waals surface area contributed by atoms with Crippen LogP contribution in [0.3, 0.4) is 0 Å². The molecular formula is C22H17Br. The Kier molecular flexibility index (Phi) is 3.66. The first-order valence-corrected chi connectivity index (χ1v) is 8.66. The molecule has 3 aromatic carbocycles. The number of allylic oxidation sites excluding steroid dienone is 1. The molecule has 0 spiro atoms. The van der Waals surface area contributed by atoms with Gasteiger partial charge in [0.25, 0.3) is 0 Å². The Morgan fingerprint density at radius 3 is 2.13 bits per heavy atom. The fourth-order valence-electron chi connectivity index (χ4n) is 3.32.